The molecule has 0 aliphatic rings. The fourth-order valence-electron chi connectivity index (χ4n) is 2.80. The molecule has 0 aromatic heterocycles. The number of carboxylic acids is 1. The van der Waals surface area contributed by atoms with Crippen molar-refractivity contribution in [3.8, 4) is 0 Å². The Kier molecular flexibility index (Phi) is 15.6. The second kappa shape index (κ2) is 16.9. The summed E-state index contributed by atoms with van der Waals surface area (Å²) in [6.45, 7) is 1.83. The van der Waals surface area contributed by atoms with Crippen LogP contribution in [-0.2, 0) is 19.2 Å². The molecule has 15 heteroatoms. The number of hydrogen-bond donors (Lipinski definition) is 10. The summed E-state index contributed by atoms with van der Waals surface area (Å²) in [7, 11) is 0. The Labute approximate surface area is 204 Å². The van der Waals surface area contributed by atoms with Crippen LogP contribution in [-0.4, -0.2) is 89.0 Å². The van der Waals surface area contributed by atoms with Gasteiger partial charge in [0, 0.05) is 12.3 Å². The highest BCUT2D eigenvalue weighted by Crippen LogP contribution is 2.04. The van der Waals surface area contributed by atoms with Crippen molar-refractivity contribution in [1.29, 1.82) is 0 Å². The lowest BCUT2D eigenvalue weighted by molar-refractivity contribution is -0.145. The van der Waals surface area contributed by atoms with Gasteiger partial charge in [-0.2, -0.15) is 12.6 Å². The fraction of sp³-hybridized carbons (Fsp3) is 0.737. The number of thiol groups is 1. The molecule has 0 aromatic rings. The van der Waals surface area contributed by atoms with Gasteiger partial charge in [0.2, 0.25) is 17.7 Å². The highest BCUT2D eigenvalue weighted by molar-refractivity contribution is 7.80. The predicted octanol–water partition coefficient (Wildman–Crippen LogP) is -3.65. The van der Waals surface area contributed by atoms with E-state index in [0.717, 1.165) is 0 Å². The zero-order valence-corrected chi connectivity index (χ0v) is 20.2. The molecule has 0 aliphatic carbocycles. The summed E-state index contributed by atoms with van der Waals surface area (Å²) in [5.74, 6) is -3.79. The molecule has 0 spiro atoms. The normalized spacial score (nSPS) is 15.2. The number of amides is 3. The van der Waals surface area contributed by atoms with Crippen LogP contribution in [0.1, 0.15) is 39.0 Å². The SMILES string of the molecule is CC(O)C(NC(=O)C(CCCN=C(N)N)NC(=O)C(CS)NC(=O)C(N)CCCCN)C(=O)O. The third-order valence-electron chi connectivity index (χ3n) is 4.75. The highest BCUT2D eigenvalue weighted by Gasteiger charge is 2.31. The molecule has 0 bridgehead atoms. The quantitative estimate of drug-likeness (QED) is 0.0400. The molecule has 5 atom stereocenters. The molecule has 34 heavy (non-hydrogen) atoms. The Hall–Kier alpha value is -2.62. The summed E-state index contributed by atoms with van der Waals surface area (Å²) >= 11 is 4.09. The smallest absolute Gasteiger partial charge is 0.328 e. The maximum absolute atomic E-state index is 12.8. The van der Waals surface area contributed by atoms with Crippen LogP contribution in [0.2, 0.25) is 0 Å². The lowest BCUT2D eigenvalue weighted by Gasteiger charge is -2.25. The van der Waals surface area contributed by atoms with Gasteiger partial charge in [0.05, 0.1) is 12.1 Å². The molecule has 5 unspecified atom stereocenters. The van der Waals surface area contributed by atoms with Gasteiger partial charge in [-0.15, -0.1) is 0 Å². The minimum absolute atomic E-state index is 0.0480. The van der Waals surface area contributed by atoms with Gasteiger partial charge in [-0.05, 0) is 39.2 Å². The van der Waals surface area contributed by atoms with E-state index >= 15 is 0 Å². The Morgan fingerprint density at radius 1 is 0.941 bits per heavy atom. The standard InChI is InChI=1S/C19H38N8O6S/c1-10(28)14(18(32)33)27-16(30)12(6-4-8-24-19(22)23)25-17(31)13(9-34)26-15(29)11(21)5-2-3-7-20/h10-14,28,34H,2-9,20-21H2,1H3,(H,25,31)(H,26,29)(H,27,30)(H,32,33)(H4,22,23,24). The maximum atomic E-state index is 12.8. The minimum atomic E-state index is -1.59. The molecular formula is C19H38N8O6S. The van der Waals surface area contributed by atoms with Crippen molar-refractivity contribution >= 4 is 42.3 Å². The summed E-state index contributed by atoms with van der Waals surface area (Å²) in [5, 5.41) is 26.0. The van der Waals surface area contributed by atoms with E-state index in [1.165, 1.54) is 6.92 Å². The molecule has 0 aromatic carbocycles. The number of nitrogens with one attached hydrogen (secondary N) is 3. The molecule has 0 aliphatic heterocycles. The van der Waals surface area contributed by atoms with Crippen LogP contribution >= 0.6 is 12.6 Å². The Morgan fingerprint density at radius 2 is 1.53 bits per heavy atom. The number of rotatable bonds is 17. The maximum Gasteiger partial charge on any atom is 0.328 e. The molecule has 0 saturated carbocycles. The van der Waals surface area contributed by atoms with Crippen LogP contribution in [0.3, 0.4) is 0 Å². The summed E-state index contributed by atoms with van der Waals surface area (Å²) in [5.41, 5.74) is 21.8. The summed E-state index contributed by atoms with van der Waals surface area (Å²) < 4.78 is 0. The number of carboxylic acid groups (broad SMARTS) is 1. The van der Waals surface area contributed by atoms with Crippen LogP contribution < -0.4 is 38.9 Å². The average Bonchev–Trinajstić information content (AvgIpc) is 2.76. The second-order valence-electron chi connectivity index (χ2n) is 7.71. The van der Waals surface area contributed by atoms with Crippen molar-refractivity contribution in [1.82, 2.24) is 16.0 Å². The number of nitrogens with two attached hydrogens (primary N) is 4. The Morgan fingerprint density at radius 3 is 2.03 bits per heavy atom. The van der Waals surface area contributed by atoms with Gasteiger partial charge >= 0.3 is 5.97 Å². The third kappa shape index (κ3) is 12.6. The van der Waals surface area contributed by atoms with Crippen molar-refractivity contribution in [3.05, 3.63) is 0 Å². The number of carbonyl (C=O) groups is 4. The van der Waals surface area contributed by atoms with Crippen molar-refractivity contribution in [2.24, 2.45) is 27.9 Å². The Balaban J connectivity index is 5.30. The van der Waals surface area contributed by atoms with Gasteiger partial charge in [-0.25, -0.2) is 4.79 Å². The summed E-state index contributed by atoms with van der Waals surface area (Å²) in [6.07, 6.45) is 0.672. The first kappa shape index (κ1) is 31.4. The van der Waals surface area contributed by atoms with E-state index in [-0.39, 0.29) is 31.1 Å². The fourth-order valence-corrected chi connectivity index (χ4v) is 3.06. The first-order chi connectivity index (χ1) is 15.9. The van der Waals surface area contributed by atoms with Crippen molar-refractivity contribution in [3.63, 3.8) is 0 Å². The number of aliphatic imine (C=N–C) groups is 1. The summed E-state index contributed by atoms with van der Waals surface area (Å²) in [6, 6.07) is -4.73. The summed E-state index contributed by atoms with van der Waals surface area (Å²) in [4.78, 5) is 52.9. The number of unbranched alkanes of at least 4 members (excludes halogenated alkanes) is 1. The molecule has 0 saturated heterocycles. The average molecular weight is 507 g/mol. The molecule has 13 N–H and O–H groups in total. The van der Waals surface area contributed by atoms with E-state index < -0.39 is 54.0 Å². The molecular weight excluding hydrogens is 468 g/mol. The number of carbonyl (C=O) groups excluding carboxylic acids is 3. The van der Waals surface area contributed by atoms with Gasteiger partial charge in [0.1, 0.15) is 12.1 Å². The zero-order chi connectivity index (χ0) is 26.3. The topological polar surface area (TPSA) is 261 Å². The predicted molar refractivity (Wildman–Crippen MR) is 130 cm³/mol. The zero-order valence-electron chi connectivity index (χ0n) is 19.3. The molecule has 196 valence electrons. The lowest BCUT2D eigenvalue weighted by Crippen LogP contribution is -2.58. The van der Waals surface area contributed by atoms with Crippen molar-refractivity contribution in [2.45, 2.75) is 69.3 Å². The number of hydrogen-bond acceptors (Lipinski definition) is 9. The van der Waals surface area contributed by atoms with Crippen LogP contribution in [0, 0.1) is 0 Å². The molecule has 3 amide bonds. The van der Waals surface area contributed by atoms with E-state index in [1.54, 1.807) is 0 Å². The molecule has 14 nitrogen and oxygen atoms in total. The van der Waals surface area contributed by atoms with E-state index in [0.29, 0.717) is 25.8 Å². The monoisotopic (exact) mass is 506 g/mol. The van der Waals surface area contributed by atoms with E-state index in [1.807, 2.05) is 0 Å². The van der Waals surface area contributed by atoms with Gasteiger partial charge in [0.15, 0.2) is 12.0 Å². The minimum Gasteiger partial charge on any atom is -0.480 e. The molecule has 0 fully saturated rings. The van der Waals surface area contributed by atoms with E-state index in [9.17, 15) is 29.4 Å². The molecule has 0 radical (unpaired) electrons. The Bertz CT molecular complexity index is 704. The van der Waals surface area contributed by atoms with Gasteiger partial charge in [-0.1, -0.05) is 6.42 Å². The van der Waals surface area contributed by atoms with Crippen LogP contribution in [0.15, 0.2) is 4.99 Å². The van der Waals surface area contributed by atoms with Crippen molar-refractivity contribution < 1.29 is 29.4 Å². The molecule has 0 heterocycles. The van der Waals surface area contributed by atoms with E-state index in [2.05, 4.69) is 33.6 Å². The first-order valence-corrected chi connectivity index (χ1v) is 11.5. The number of aliphatic carboxylic acids is 1. The van der Waals surface area contributed by atoms with Gasteiger partial charge < -0.3 is 49.1 Å². The van der Waals surface area contributed by atoms with Crippen LogP contribution in [0.5, 0.6) is 0 Å². The van der Waals surface area contributed by atoms with Crippen LogP contribution in [0.4, 0.5) is 0 Å². The number of aliphatic hydroxyl groups is 1. The first-order valence-electron chi connectivity index (χ1n) is 10.9. The highest BCUT2D eigenvalue weighted by atomic mass is 32.1. The van der Waals surface area contributed by atoms with Crippen molar-refractivity contribution in [2.75, 3.05) is 18.8 Å². The molecule has 0 rings (SSSR count). The van der Waals surface area contributed by atoms with Gasteiger partial charge in [-0.3, -0.25) is 19.4 Å². The number of aliphatic hydroxyl groups excluding tert-OH is 1. The number of guanidine groups is 1. The van der Waals surface area contributed by atoms with Crippen LogP contribution in [0.25, 0.3) is 0 Å². The third-order valence-corrected chi connectivity index (χ3v) is 5.11. The van der Waals surface area contributed by atoms with E-state index in [4.69, 9.17) is 22.9 Å². The van der Waals surface area contributed by atoms with Gasteiger partial charge in [0.25, 0.3) is 0 Å². The second-order valence-corrected chi connectivity index (χ2v) is 8.07. The lowest BCUT2D eigenvalue weighted by atomic mass is 10.1. The number of nitrogens with zero attached hydrogens (tertiary/aromatic N) is 1. The largest absolute Gasteiger partial charge is 0.480 e.